The van der Waals surface area contributed by atoms with Crippen molar-refractivity contribution in [2.45, 2.75) is 38.1 Å². The van der Waals surface area contributed by atoms with E-state index in [0.29, 0.717) is 5.92 Å². The molecule has 0 spiro atoms. The quantitative estimate of drug-likeness (QED) is 0.884. The highest BCUT2D eigenvalue weighted by molar-refractivity contribution is 5.40. The lowest BCUT2D eigenvalue weighted by atomic mass is 9.89. The monoisotopic (exact) mass is 249 g/mol. The minimum absolute atomic E-state index is 0.138. The highest BCUT2D eigenvalue weighted by Gasteiger charge is 2.33. The topological polar surface area (TPSA) is 21.3 Å². The van der Waals surface area contributed by atoms with Gasteiger partial charge in [0.15, 0.2) is 0 Å². The Morgan fingerprint density at radius 3 is 2.94 bits per heavy atom. The molecule has 1 saturated carbocycles. The summed E-state index contributed by atoms with van der Waals surface area (Å²) < 4.78 is 19.4. The summed E-state index contributed by atoms with van der Waals surface area (Å²) in [6.07, 6.45) is 4.71. The van der Waals surface area contributed by atoms with Gasteiger partial charge in [-0.2, -0.15) is 0 Å². The predicted octanol–water partition coefficient (Wildman–Crippen LogP) is 3.21. The van der Waals surface area contributed by atoms with Gasteiger partial charge in [0.25, 0.3) is 0 Å². The molecule has 2 nitrogen and oxygen atoms in total. The smallest absolute Gasteiger partial charge is 0.124 e. The van der Waals surface area contributed by atoms with Crippen LogP contribution in [0.15, 0.2) is 18.2 Å². The third-order valence-corrected chi connectivity index (χ3v) is 4.08. The largest absolute Gasteiger partial charge is 0.493 e. The normalized spacial score (nSPS) is 27.4. The molecular formula is C15H20FNO. The van der Waals surface area contributed by atoms with Crippen LogP contribution in [0.25, 0.3) is 0 Å². The third-order valence-electron chi connectivity index (χ3n) is 4.08. The Morgan fingerprint density at radius 1 is 1.44 bits per heavy atom. The van der Waals surface area contributed by atoms with Crippen molar-refractivity contribution in [2.24, 2.45) is 5.92 Å². The lowest BCUT2D eigenvalue weighted by Crippen LogP contribution is -2.33. The fraction of sp³-hybridized carbons (Fsp3) is 0.600. The molecular weight excluding hydrogens is 229 g/mol. The van der Waals surface area contributed by atoms with Crippen LogP contribution in [0.1, 0.15) is 38.2 Å². The standard InChI is InChI=1S/C15H20FNO/c1-15(7-2-8-17-15)13-9-12(16)5-6-14(13)18-10-11-3-4-11/h5-6,9,11,17H,2-4,7-8,10H2,1H3. The molecule has 1 atom stereocenters. The van der Waals surface area contributed by atoms with Gasteiger partial charge in [-0.25, -0.2) is 4.39 Å². The molecule has 0 aromatic heterocycles. The van der Waals surface area contributed by atoms with Crippen molar-refractivity contribution in [1.82, 2.24) is 5.32 Å². The van der Waals surface area contributed by atoms with Crippen LogP contribution < -0.4 is 10.1 Å². The van der Waals surface area contributed by atoms with Gasteiger partial charge < -0.3 is 10.1 Å². The molecule has 1 aromatic carbocycles. The van der Waals surface area contributed by atoms with Crippen molar-refractivity contribution < 1.29 is 9.13 Å². The van der Waals surface area contributed by atoms with Crippen molar-refractivity contribution in [1.29, 1.82) is 0 Å². The first-order valence-corrected chi connectivity index (χ1v) is 6.85. The van der Waals surface area contributed by atoms with Gasteiger partial charge in [-0.15, -0.1) is 0 Å². The second kappa shape index (κ2) is 4.54. The molecule has 0 radical (unpaired) electrons. The number of ether oxygens (including phenoxy) is 1. The molecule has 1 aliphatic heterocycles. The second-order valence-electron chi connectivity index (χ2n) is 5.76. The zero-order chi connectivity index (χ0) is 12.6. The van der Waals surface area contributed by atoms with Gasteiger partial charge in [0.05, 0.1) is 6.61 Å². The second-order valence-corrected chi connectivity index (χ2v) is 5.76. The van der Waals surface area contributed by atoms with Crippen LogP contribution >= 0.6 is 0 Å². The Bertz CT molecular complexity index is 436. The Labute approximate surface area is 108 Å². The van der Waals surface area contributed by atoms with Crippen LogP contribution in [0.3, 0.4) is 0 Å². The van der Waals surface area contributed by atoms with E-state index in [1.54, 1.807) is 12.1 Å². The molecule has 1 aromatic rings. The first-order valence-electron chi connectivity index (χ1n) is 6.85. The summed E-state index contributed by atoms with van der Waals surface area (Å²) in [5.74, 6) is 1.38. The Kier molecular flexibility index (Phi) is 3.02. The number of hydrogen-bond donors (Lipinski definition) is 1. The molecule has 0 amide bonds. The summed E-state index contributed by atoms with van der Waals surface area (Å²) in [6, 6.07) is 4.89. The summed E-state index contributed by atoms with van der Waals surface area (Å²) in [4.78, 5) is 0. The van der Waals surface area contributed by atoms with Crippen LogP contribution in [-0.2, 0) is 5.54 Å². The van der Waals surface area contributed by atoms with Crippen LogP contribution in [0, 0.1) is 11.7 Å². The predicted molar refractivity (Wildman–Crippen MR) is 69.2 cm³/mol. The maximum atomic E-state index is 13.5. The Hall–Kier alpha value is -1.09. The van der Waals surface area contributed by atoms with Gasteiger partial charge in [0, 0.05) is 11.1 Å². The van der Waals surface area contributed by atoms with E-state index in [2.05, 4.69) is 12.2 Å². The minimum Gasteiger partial charge on any atom is -0.493 e. The number of benzene rings is 1. The molecule has 1 heterocycles. The van der Waals surface area contributed by atoms with Crippen LogP contribution in [0.5, 0.6) is 5.75 Å². The zero-order valence-electron chi connectivity index (χ0n) is 10.8. The number of rotatable bonds is 4. The van der Waals surface area contributed by atoms with E-state index in [-0.39, 0.29) is 11.4 Å². The molecule has 1 unspecified atom stereocenters. The summed E-state index contributed by atoms with van der Waals surface area (Å²) in [5, 5.41) is 3.47. The Balaban J connectivity index is 1.86. The average molecular weight is 249 g/mol. The van der Waals surface area contributed by atoms with Crippen LogP contribution in [0.4, 0.5) is 4.39 Å². The van der Waals surface area contributed by atoms with Gasteiger partial charge in [-0.3, -0.25) is 0 Å². The zero-order valence-corrected chi connectivity index (χ0v) is 10.8. The molecule has 98 valence electrons. The molecule has 18 heavy (non-hydrogen) atoms. The van der Waals surface area contributed by atoms with E-state index in [4.69, 9.17) is 4.74 Å². The third kappa shape index (κ3) is 2.37. The Morgan fingerprint density at radius 2 is 2.28 bits per heavy atom. The minimum atomic E-state index is -0.182. The molecule has 2 aliphatic rings. The number of halogens is 1. The van der Waals surface area contributed by atoms with Crippen LogP contribution in [0.2, 0.25) is 0 Å². The van der Waals surface area contributed by atoms with E-state index < -0.39 is 0 Å². The number of nitrogens with one attached hydrogen (secondary N) is 1. The molecule has 0 bridgehead atoms. The molecule has 1 N–H and O–H groups in total. The van der Waals surface area contributed by atoms with E-state index in [1.165, 1.54) is 18.9 Å². The first-order chi connectivity index (χ1) is 8.67. The summed E-state index contributed by atoms with van der Waals surface area (Å²) in [7, 11) is 0. The maximum absolute atomic E-state index is 13.5. The SMILES string of the molecule is CC1(c2cc(F)ccc2OCC2CC2)CCCN1. The fourth-order valence-electron chi connectivity index (χ4n) is 2.68. The summed E-state index contributed by atoms with van der Waals surface area (Å²) in [6.45, 7) is 3.91. The maximum Gasteiger partial charge on any atom is 0.124 e. The van der Waals surface area contributed by atoms with Crippen molar-refractivity contribution in [2.75, 3.05) is 13.2 Å². The van der Waals surface area contributed by atoms with Gasteiger partial charge in [-0.05, 0) is 63.3 Å². The molecule has 3 heteroatoms. The molecule has 1 aliphatic carbocycles. The molecule has 1 saturated heterocycles. The van der Waals surface area contributed by atoms with E-state index in [9.17, 15) is 4.39 Å². The van der Waals surface area contributed by atoms with Gasteiger partial charge in [0.1, 0.15) is 11.6 Å². The lowest BCUT2D eigenvalue weighted by Gasteiger charge is -2.27. The van der Waals surface area contributed by atoms with Crippen molar-refractivity contribution in [3.63, 3.8) is 0 Å². The highest BCUT2D eigenvalue weighted by atomic mass is 19.1. The number of hydrogen-bond acceptors (Lipinski definition) is 2. The fourth-order valence-corrected chi connectivity index (χ4v) is 2.68. The van der Waals surface area contributed by atoms with Crippen molar-refractivity contribution in [3.05, 3.63) is 29.6 Å². The molecule has 2 fully saturated rings. The average Bonchev–Trinajstić information content (AvgIpc) is 3.09. The van der Waals surface area contributed by atoms with Crippen molar-refractivity contribution >= 4 is 0 Å². The van der Waals surface area contributed by atoms with Crippen molar-refractivity contribution in [3.8, 4) is 5.75 Å². The van der Waals surface area contributed by atoms with E-state index in [1.807, 2.05) is 0 Å². The summed E-state index contributed by atoms with van der Waals surface area (Å²) >= 11 is 0. The highest BCUT2D eigenvalue weighted by Crippen LogP contribution is 2.38. The van der Waals surface area contributed by atoms with Gasteiger partial charge in [0.2, 0.25) is 0 Å². The van der Waals surface area contributed by atoms with Gasteiger partial charge >= 0.3 is 0 Å². The lowest BCUT2D eigenvalue weighted by molar-refractivity contribution is 0.285. The first kappa shape index (κ1) is 12.0. The van der Waals surface area contributed by atoms with Gasteiger partial charge in [-0.1, -0.05) is 0 Å². The molecule has 3 rings (SSSR count). The van der Waals surface area contributed by atoms with E-state index in [0.717, 1.165) is 37.3 Å². The van der Waals surface area contributed by atoms with E-state index >= 15 is 0 Å². The van der Waals surface area contributed by atoms with Crippen LogP contribution in [-0.4, -0.2) is 13.2 Å². The summed E-state index contributed by atoms with van der Waals surface area (Å²) in [5.41, 5.74) is 0.835.